The van der Waals surface area contributed by atoms with Gasteiger partial charge in [0.2, 0.25) is 0 Å². The van der Waals surface area contributed by atoms with E-state index in [0.29, 0.717) is 33.0 Å². The molecule has 0 saturated heterocycles. The maximum atomic E-state index is 10.2. The number of rotatable bonds is 65. The molecule has 0 heterocycles. The predicted octanol–water partition coefficient (Wildman–Crippen LogP) is 11.3. The fourth-order valence-corrected chi connectivity index (χ4v) is 9.86. The van der Waals surface area contributed by atoms with E-state index in [9.17, 15) is 49.5 Å². The summed E-state index contributed by atoms with van der Waals surface area (Å²) in [6.45, 7) is 1.63. The summed E-state index contributed by atoms with van der Waals surface area (Å²) < 4.78 is 0. The van der Waals surface area contributed by atoms with Crippen LogP contribution < -0.4 is 25.5 Å². The minimum Gasteiger partial charge on any atom is -0.550 e. The van der Waals surface area contributed by atoms with Crippen LogP contribution in [0.3, 0.4) is 0 Å². The number of carbonyl (C=O) groups is 5. The topological polar surface area (TPSA) is 302 Å². The number of carbonyl (C=O) groups excluding carboxylic acids is 5. The van der Waals surface area contributed by atoms with Crippen LogP contribution in [0.1, 0.15) is 385 Å². The molecule has 0 aromatic rings. The molecule has 0 aliphatic heterocycles. The monoisotopic (exact) mass is 1270 g/mol. The Morgan fingerprint density at radius 3 is 0.299 bits per heavy atom. The van der Waals surface area contributed by atoms with Gasteiger partial charge in [0.25, 0.3) is 0 Å². The number of hydrogen-bond acceptors (Lipinski definition) is 15. The second-order valence-corrected chi connectivity index (χ2v) is 23.7. The van der Waals surface area contributed by atoms with Crippen molar-refractivity contribution in [2.45, 2.75) is 385 Å². The number of carboxylic acids is 5. The second-order valence-electron chi connectivity index (χ2n) is 23.7. The van der Waals surface area contributed by atoms with Crippen LogP contribution in [-0.4, -0.2) is 129 Å². The minimum absolute atomic E-state index is 0. The van der Waals surface area contributed by atoms with Crippen LogP contribution in [0.2, 0.25) is 0 Å². The fraction of sp³-hybridized carbons (Fsp3) is 0.929. The molecule has 0 aliphatic rings. The summed E-state index contributed by atoms with van der Waals surface area (Å²) in [5, 5.41) is 93.8. The van der Waals surface area contributed by atoms with Gasteiger partial charge in [0.15, 0.2) is 0 Å². The minimum atomic E-state index is -0.923. The van der Waals surface area contributed by atoms with Crippen LogP contribution in [0.15, 0.2) is 0 Å². The van der Waals surface area contributed by atoms with Crippen molar-refractivity contribution in [2.75, 3.05) is 33.0 Å². The number of aliphatic hydroxyl groups excluding tert-OH is 5. The molecule has 0 amide bonds. The molecular weight excluding hydrogens is 1130 g/mol. The van der Waals surface area contributed by atoms with E-state index in [1.54, 1.807) is 0 Å². The Bertz CT molecular complexity index is 1080. The smallest absolute Gasteiger partial charge is 0.550 e. The maximum Gasteiger partial charge on any atom is 3.00 e. The summed E-state index contributed by atoms with van der Waals surface area (Å²) in [5.74, 6) is -4.62. The van der Waals surface area contributed by atoms with Crippen LogP contribution >= 0.6 is 0 Å². The first kappa shape index (κ1) is 99.0. The van der Waals surface area contributed by atoms with Crippen molar-refractivity contribution < 1.29 is 75.0 Å². The number of unbranched alkanes of at least 4 members (excludes halogenated alkanes) is 50. The quantitative estimate of drug-likeness (QED) is 0.0279. The van der Waals surface area contributed by atoms with E-state index in [1.165, 1.54) is 193 Å². The zero-order valence-corrected chi connectivity index (χ0v) is 58.6. The van der Waals surface area contributed by atoms with Crippen molar-refractivity contribution in [3.8, 4) is 0 Å². The van der Waals surface area contributed by atoms with Crippen molar-refractivity contribution in [3.05, 3.63) is 0 Å². The van der Waals surface area contributed by atoms with E-state index in [1.807, 2.05) is 0 Å². The summed E-state index contributed by atoms with van der Waals surface area (Å²) in [6.07, 6.45) is 64.3. The van der Waals surface area contributed by atoms with Gasteiger partial charge in [-0.25, -0.2) is 0 Å². The molecule has 0 bridgehead atoms. The van der Waals surface area contributed by atoms with Crippen LogP contribution in [0.4, 0.5) is 0 Å². The van der Waals surface area contributed by atoms with Gasteiger partial charge in [-0.2, -0.15) is 0 Å². The average Bonchev–Trinajstić information content (AvgIpc) is 3.47. The molecule has 5 N–H and O–H groups in total. The zero-order valence-electron chi connectivity index (χ0n) is 56.1. The molecule has 0 saturated carbocycles. The molecular formula is C70H135AlMgO15. The van der Waals surface area contributed by atoms with Gasteiger partial charge in [0, 0.05) is 62.9 Å². The number of hydrogen-bond donors (Lipinski definition) is 5. The Hall–Kier alpha value is -1.55. The van der Waals surface area contributed by atoms with E-state index in [-0.39, 0.29) is 72.5 Å². The van der Waals surface area contributed by atoms with Crippen LogP contribution in [-0.2, 0) is 24.0 Å². The Balaban J connectivity index is -0.000000183. The Labute approximate surface area is 560 Å². The van der Waals surface area contributed by atoms with E-state index in [0.717, 1.165) is 161 Å². The van der Waals surface area contributed by atoms with Gasteiger partial charge in [0.1, 0.15) is 0 Å². The molecule has 0 unspecified atom stereocenters. The standard InChI is InChI=1S/5C14H28O3.Al.Mg/c5*15-13-11-9-7-5-3-1-2-4-6-8-10-12-14(16)17;;/h5*15H,1-13H2,(H,16,17);;/q;;;;;+3;+2/p-5. The SMILES string of the molecule is O=C([O-])CCCCCCCCCCCCCO.O=C([O-])CCCCCCCCCCCCCO.O=C([O-])CCCCCCCCCCCCCO.O=C([O-])CCCCCCCCCCCCCO.O=C([O-])CCCCCCCCCCCCCO.[Al+3].[Mg+2]. The van der Waals surface area contributed by atoms with Gasteiger partial charge in [-0.3, -0.25) is 0 Å². The van der Waals surface area contributed by atoms with Crippen LogP contribution in [0.5, 0.6) is 0 Å². The summed E-state index contributed by atoms with van der Waals surface area (Å²) in [6, 6.07) is 0. The van der Waals surface area contributed by atoms with E-state index >= 15 is 0 Å². The number of carboxylic acid groups (broad SMARTS) is 5. The first-order valence-corrected chi connectivity index (χ1v) is 35.4. The maximum absolute atomic E-state index is 10.2. The Kier molecular flexibility index (Phi) is 109. The van der Waals surface area contributed by atoms with Gasteiger partial charge in [-0.15, -0.1) is 0 Å². The van der Waals surface area contributed by atoms with E-state index in [2.05, 4.69) is 0 Å². The zero-order chi connectivity index (χ0) is 63.8. The van der Waals surface area contributed by atoms with Crippen molar-refractivity contribution in [2.24, 2.45) is 0 Å². The molecule has 0 aliphatic carbocycles. The summed E-state index contributed by atoms with van der Waals surface area (Å²) >= 11 is 0. The third-order valence-corrected chi connectivity index (χ3v) is 15.2. The van der Waals surface area contributed by atoms with Crippen LogP contribution in [0, 0.1) is 0 Å². The normalized spacial score (nSPS) is 10.4. The van der Waals surface area contributed by atoms with Crippen molar-refractivity contribution in [1.82, 2.24) is 0 Å². The summed E-state index contributed by atoms with van der Waals surface area (Å²) in [7, 11) is 0. The molecule has 17 heteroatoms. The van der Waals surface area contributed by atoms with Gasteiger partial charge in [-0.1, -0.05) is 289 Å². The molecule has 0 rings (SSSR count). The van der Waals surface area contributed by atoms with Gasteiger partial charge in [-0.05, 0) is 96.3 Å². The second kappa shape index (κ2) is 95.6. The third-order valence-electron chi connectivity index (χ3n) is 15.2. The van der Waals surface area contributed by atoms with E-state index in [4.69, 9.17) is 25.5 Å². The largest absolute Gasteiger partial charge is 3.00 e. The van der Waals surface area contributed by atoms with Crippen LogP contribution in [0.25, 0.3) is 0 Å². The predicted molar refractivity (Wildman–Crippen MR) is 349 cm³/mol. The van der Waals surface area contributed by atoms with E-state index < -0.39 is 29.8 Å². The summed E-state index contributed by atoms with van der Waals surface area (Å²) in [4.78, 5) is 50.8. The Morgan fingerprint density at radius 2 is 0.230 bits per heavy atom. The molecule has 15 nitrogen and oxygen atoms in total. The molecule has 510 valence electrons. The first-order chi connectivity index (χ1) is 41.4. The number of aliphatic hydroxyl groups is 5. The molecule has 0 fully saturated rings. The van der Waals surface area contributed by atoms with Gasteiger partial charge in [0.05, 0.1) is 0 Å². The van der Waals surface area contributed by atoms with Crippen molar-refractivity contribution in [3.63, 3.8) is 0 Å². The van der Waals surface area contributed by atoms with Crippen molar-refractivity contribution in [1.29, 1.82) is 0 Å². The van der Waals surface area contributed by atoms with Gasteiger partial charge < -0.3 is 75.0 Å². The summed E-state index contributed by atoms with van der Waals surface area (Å²) in [5.41, 5.74) is 0. The first-order valence-electron chi connectivity index (χ1n) is 35.4. The molecule has 0 aromatic heterocycles. The molecule has 0 atom stereocenters. The average molecular weight is 1270 g/mol. The Morgan fingerprint density at radius 1 is 0.161 bits per heavy atom. The molecule has 87 heavy (non-hydrogen) atoms. The molecule has 0 aromatic carbocycles. The molecule has 0 spiro atoms. The molecule has 0 radical (unpaired) electrons. The number of aliphatic carboxylic acids is 5. The third kappa shape index (κ3) is 123. The fourth-order valence-electron chi connectivity index (χ4n) is 9.86. The van der Waals surface area contributed by atoms with Gasteiger partial charge >= 0.3 is 40.4 Å². The van der Waals surface area contributed by atoms with Crippen molar-refractivity contribution >= 4 is 70.3 Å².